The first-order valence-corrected chi connectivity index (χ1v) is 9.47. The van der Waals surface area contributed by atoms with E-state index < -0.39 is 0 Å². The molecule has 0 saturated heterocycles. The topological polar surface area (TPSA) is 95.1 Å². The molecule has 1 amide bonds. The van der Waals surface area contributed by atoms with Crippen LogP contribution in [0.3, 0.4) is 0 Å². The maximum absolute atomic E-state index is 12.3. The Morgan fingerprint density at radius 1 is 1.14 bits per heavy atom. The van der Waals surface area contributed by atoms with Gasteiger partial charge in [-0.2, -0.15) is 5.10 Å². The normalized spacial score (nSPS) is 14.8. The largest absolute Gasteiger partial charge is 0.385 e. The Balaban J connectivity index is 1.55. The van der Waals surface area contributed by atoms with Crippen LogP contribution in [0.2, 0.25) is 0 Å². The van der Waals surface area contributed by atoms with Gasteiger partial charge in [-0.05, 0) is 49.6 Å². The van der Waals surface area contributed by atoms with E-state index in [1.807, 2.05) is 24.3 Å². The van der Waals surface area contributed by atoms with Crippen molar-refractivity contribution in [1.82, 2.24) is 20.4 Å². The zero-order valence-corrected chi connectivity index (χ0v) is 16.4. The smallest absolute Gasteiger partial charge is 0.273 e. The number of nitrogens with one attached hydrogen (secondary N) is 3. The van der Waals surface area contributed by atoms with Crippen molar-refractivity contribution < 1.29 is 4.79 Å². The van der Waals surface area contributed by atoms with E-state index in [0.29, 0.717) is 17.0 Å². The number of anilines is 1. The first-order chi connectivity index (χ1) is 14.1. The summed E-state index contributed by atoms with van der Waals surface area (Å²) in [4.78, 5) is 24.1. The van der Waals surface area contributed by atoms with Gasteiger partial charge >= 0.3 is 0 Å². The Hall–Kier alpha value is -3.74. The van der Waals surface area contributed by atoms with E-state index in [9.17, 15) is 4.79 Å². The number of benzene rings is 1. The number of aromatic amines is 1. The van der Waals surface area contributed by atoms with Crippen molar-refractivity contribution in [2.24, 2.45) is 5.10 Å². The Morgan fingerprint density at radius 2 is 1.97 bits per heavy atom. The van der Waals surface area contributed by atoms with Gasteiger partial charge in [0.2, 0.25) is 0 Å². The third kappa shape index (κ3) is 3.94. The second-order valence-electron chi connectivity index (χ2n) is 6.86. The number of rotatable bonds is 6. The lowest BCUT2D eigenvalue weighted by Gasteiger charge is -2.07. The van der Waals surface area contributed by atoms with Crippen LogP contribution in [0, 0.1) is 13.8 Å². The first-order valence-electron chi connectivity index (χ1n) is 9.47. The molecule has 3 heterocycles. The fourth-order valence-corrected chi connectivity index (χ4v) is 3.45. The molecule has 7 nitrogen and oxygen atoms in total. The molecule has 0 saturated carbocycles. The molecule has 4 rings (SSSR count). The molecule has 3 aromatic rings. The minimum Gasteiger partial charge on any atom is -0.385 e. The monoisotopic (exact) mass is 386 g/mol. The summed E-state index contributed by atoms with van der Waals surface area (Å²) in [5, 5.41) is 7.57. The van der Waals surface area contributed by atoms with E-state index in [2.05, 4.69) is 56.8 Å². The first kappa shape index (κ1) is 18.6. The van der Waals surface area contributed by atoms with Gasteiger partial charge in [-0.3, -0.25) is 14.8 Å². The number of aryl methyl sites for hydroxylation is 1. The van der Waals surface area contributed by atoms with Gasteiger partial charge < -0.3 is 10.3 Å². The summed E-state index contributed by atoms with van der Waals surface area (Å²) in [7, 11) is 0. The van der Waals surface area contributed by atoms with Crippen LogP contribution in [-0.4, -0.2) is 33.1 Å². The molecule has 146 valence electrons. The molecule has 0 fully saturated rings. The summed E-state index contributed by atoms with van der Waals surface area (Å²) in [6.07, 6.45) is 7.49. The number of nitrogens with zero attached hydrogens (tertiary/aromatic N) is 3. The summed E-state index contributed by atoms with van der Waals surface area (Å²) in [5.74, 6) is -0.246. The average molecular weight is 386 g/mol. The third-order valence-electron chi connectivity index (χ3n) is 4.97. The van der Waals surface area contributed by atoms with Gasteiger partial charge in [-0.15, -0.1) is 0 Å². The Morgan fingerprint density at radius 3 is 2.72 bits per heavy atom. The van der Waals surface area contributed by atoms with Crippen molar-refractivity contribution in [3.05, 3.63) is 82.7 Å². The van der Waals surface area contributed by atoms with Crippen LogP contribution in [0.5, 0.6) is 0 Å². The zero-order valence-electron chi connectivity index (χ0n) is 16.4. The molecule has 1 aromatic carbocycles. The highest BCUT2D eigenvalue weighted by Crippen LogP contribution is 2.23. The standard InChI is InChI=1S/C22H22N6O/c1-14-17(8-9-24-16-6-4-3-5-7-16)15(2)26-19(14)12-18-21(27-28-22(18)29)20-13-23-10-11-25-20/h3-7,10-13,24,26H,8-9H2,1-2H3,(H,28,29). The molecule has 7 heteroatoms. The van der Waals surface area contributed by atoms with Gasteiger partial charge in [-0.1, -0.05) is 18.2 Å². The number of para-hydroxylation sites is 1. The van der Waals surface area contributed by atoms with Crippen LogP contribution >= 0.6 is 0 Å². The molecule has 1 aliphatic heterocycles. The molecule has 1 aliphatic rings. The summed E-state index contributed by atoms with van der Waals surface area (Å²) in [6, 6.07) is 10.1. The lowest BCUT2D eigenvalue weighted by atomic mass is 10.0. The summed E-state index contributed by atoms with van der Waals surface area (Å²) in [6.45, 7) is 4.95. The second-order valence-corrected chi connectivity index (χ2v) is 6.86. The Bertz CT molecular complexity index is 1080. The number of carbonyl (C=O) groups is 1. The van der Waals surface area contributed by atoms with Crippen LogP contribution in [0.15, 0.2) is 59.6 Å². The predicted molar refractivity (Wildman–Crippen MR) is 114 cm³/mol. The van der Waals surface area contributed by atoms with Crippen molar-refractivity contribution in [3.63, 3.8) is 0 Å². The number of hydrogen-bond donors (Lipinski definition) is 3. The number of aromatic nitrogens is 3. The average Bonchev–Trinajstić information content (AvgIpc) is 3.24. The molecule has 3 N–H and O–H groups in total. The summed E-state index contributed by atoms with van der Waals surface area (Å²) in [5.41, 5.74) is 9.54. The minimum absolute atomic E-state index is 0.246. The molecule has 2 aromatic heterocycles. The highest BCUT2D eigenvalue weighted by molar-refractivity contribution is 6.32. The SMILES string of the molecule is Cc1[nH]c(C=C2C(=O)NN=C2c2cnccn2)c(C)c1CCNc1ccccc1. The van der Waals surface area contributed by atoms with Crippen LogP contribution in [0.25, 0.3) is 6.08 Å². The van der Waals surface area contributed by atoms with Crippen LogP contribution in [-0.2, 0) is 11.2 Å². The molecule has 0 spiro atoms. The molecule has 29 heavy (non-hydrogen) atoms. The molecule has 0 bridgehead atoms. The van der Waals surface area contributed by atoms with E-state index >= 15 is 0 Å². The number of carbonyl (C=O) groups excluding carboxylic acids is 1. The van der Waals surface area contributed by atoms with E-state index in [-0.39, 0.29) is 5.91 Å². The lowest BCUT2D eigenvalue weighted by Crippen LogP contribution is -2.14. The number of H-pyrrole nitrogens is 1. The van der Waals surface area contributed by atoms with E-state index in [1.165, 1.54) is 5.56 Å². The van der Waals surface area contributed by atoms with Gasteiger partial charge in [0, 0.05) is 36.0 Å². The Kier molecular flexibility index (Phi) is 5.20. The summed E-state index contributed by atoms with van der Waals surface area (Å²) < 4.78 is 0. The van der Waals surface area contributed by atoms with Crippen LogP contribution in [0.1, 0.15) is 28.2 Å². The highest BCUT2D eigenvalue weighted by Gasteiger charge is 2.26. The van der Waals surface area contributed by atoms with Gasteiger partial charge in [0.25, 0.3) is 5.91 Å². The zero-order chi connectivity index (χ0) is 20.2. The third-order valence-corrected chi connectivity index (χ3v) is 4.97. The molecule has 0 aliphatic carbocycles. The van der Waals surface area contributed by atoms with E-state index in [0.717, 1.165) is 35.6 Å². The molecular formula is C22H22N6O. The molecule has 0 unspecified atom stereocenters. The van der Waals surface area contributed by atoms with Gasteiger partial charge in [0.1, 0.15) is 11.4 Å². The van der Waals surface area contributed by atoms with Gasteiger partial charge in [0.05, 0.1) is 11.8 Å². The van der Waals surface area contributed by atoms with Gasteiger partial charge in [0.15, 0.2) is 0 Å². The fraction of sp³-hybridized carbons (Fsp3) is 0.182. The minimum atomic E-state index is -0.246. The van der Waals surface area contributed by atoms with E-state index in [1.54, 1.807) is 18.6 Å². The maximum atomic E-state index is 12.3. The highest BCUT2D eigenvalue weighted by atomic mass is 16.2. The number of hydrogen-bond acceptors (Lipinski definition) is 5. The Labute approximate surface area is 169 Å². The van der Waals surface area contributed by atoms with Gasteiger partial charge in [-0.25, -0.2) is 5.43 Å². The molecule has 0 radical (unpaired) electrons. The van der Waals surface area contributed by atoms with E-state index in [4.69, 9.17) is 0 Å². The van der Waals surface area contributed by atoms with Crippen molar-refractivity contribution in [3.8, 4) is 0 Å². The molecular weight excluding hydrogens is 364 g/mol. The van der Waals surface area contributed by atoms with Crippen LogP contribution in [0.4, 0.5) is 5.69 Å². The molecule has 0 atom stereocenters. The van der Waals surface area contributed by atoms with Crippen molar-refractivity contribution in [2.75, 3.05) is 11.9 Å². The second kappa shape index (κ2) is 8.10. The number of hydrazone groups is 1. The van der Waals surface area contributed by atoms with Crippen molar-refractivity contribution in [1.29, 1.82) is 0 Å². The lowest BCUT2D eigenvalue weighted by molar-refractivity contribution is -0.116. The number of amides is 1. The van der Waals surface area contributed by atoms with Crippen molar-refractivity contribution >= 4 is 23.4 Å². The van der Waals surface area contributed by atoms with Crippen LogP contribution < -0.4 is 10.7 Å². The maximum Gasteiger partial charge on any atom is 0.273 e. The quantitative estimate of drug-likeness (QED) is 0.568. The fourth-order valence-electron chi connectivity index (χ4n) is 3.45. The van der Waals surface area contributed by atoms with Crippen molar-refractivity contribution in [2.45, 2.75) is 20.3 Å². The summed E-state index contributed by atoms with van der Waals surface area (Å²) >= 11 is 0. The predicted octanol–water partition coefficient (Wildman–Crippen LogP) is 2.99.